The number of aryl methyl sites for hydroxylation is 2. The third-order valence-electron chi connectivity index (χ3n) is 4.11. The van der Waals surface area contributed by atoms with Crippen LogP contribution < -0.4 is 4.74 Å². The largest absolute Gasteiger partial charge is 0.482 e. The molecule has 2 aromatic rings. The van der Waals surface area contributed by atoms with Gasteiger partial charge in [0.2, 0.25) is 0 Å². The molecular weight excluding hydrogens is 250 g/mol. The Morgan fingerprint density at radius 1 is 1.20 bits per heavy atom. The van der Waals surface area contributed by atoms with E-state index in [9.17, 15) is 0 Å². The van der Waals surface area contributed by atoms with Gasteiger partial charge in [-0.05, 0) is 50.8 Å². The normalized spacial score (nSPS) is 15.8. The van der Waals surface area contributed by atoms with E-state index in [1.165, 1.54) is 24.0 Å². The standard InChI is InChI=1S/C16H21N3O/c1-11-7-6-8-14(12(11)2)20-13(3)16-18-17-15-9-4-5-10-19(15)16/h6-8,13H,4-5,9-10H2,1-3H3. The van der Waals surface area contributed by atoms with Crippen LogP contribution >= 0.6 is 0 Å². The molecule has 1 unspecified atom stereocenters. The highest BCUT2D eigenvalue weighted by Gasteiger charge is 2.21. The van der Waals surface area contributed by atoms with Gasteiger partial charge >= 0.3 is 0 Å². The molecule has 0 spiro atoms. The third-order valence-corrected chi connectivity index (χ3v) is 4.11. The molecule has 4 nitrogen and oxygen atoms in total. The summed E-state index contributed by atoms with van der Waals surface area (Å²) in [6.07, 6.45) is 3.37. The monoisotopic (exact) mass is 271 g/mol. The molecule has 0 N–H and O–H groups in total. The minimum absolute atomic E-state index is 0.0742. The zero-order valence-corrected chi connectivity index (χ0v) is 12.4. The van der Waals surface area contributed by atoms with Gasteiger partial charge in [-0.3, -0.25) is 0 Å². The summed E-state index contributed by atoms with van der Waals surface area (Å²) in [5.74, 6) is 2.98. The lowest BCUT2D eigenvalue weighted by Gasteiger charge is -2.20. The first-order valence-electron chi connectivity index (χ1n) is 7.31. The number of aromatic nitrogens is 3. The summed E-state index contributed by atoms with van der Waals surface area (Å²) < 4.78 is 8.33. The van der Waals surface area contributed by atoms with Crippen LogP contribution in [0.4, 0.5) is 0 Å². The van der Waals surface area contributed by atoms with Crippen molar-refractivity contribution in [1.29, 1.82) is 0 Å². The van der Waals surface area contributed by atoms with E-state index in [0.29, 0.717) is 0 Å². The lowest BCUT2D eigenvalue weighted by atomic mass is 10.1. The highest BCUT2D eigenvalue weighted by atomic mass is 16.5. The number of hydrogen-bond acceptors (Lipinski definition) is 3. The first-order chi connectivity index (χ1) is 9.66. The van der Waals surface area contributed by atoms with Crippen LogP contribution in [0.25, 0.3) is 0 Å². The average Bonchev–Trinajstić information content (AvgIpc) is 2.88. The zero-order chi connectivity index (χ0) is 14.1. The number of fused-ring (bicyclic) bond motifs is 1. The van der Waals surface area contributed by atoms with Gasteiger partial charge in [-0.2, -0.15) is 0 Å². The Hall–Kier alpha value is -1.84. The number of rotatable bonds is 3. The van der Waals surface area contributed by atoms with Crippen molar-refractivity contribution in [2.75, 3.05) is 0 Å². The van der Waals surface area contributed by atoms with Crippen molar-refractivity contribution in [1.82, 2.24) is 14.8 Å². The molecule has 0 radical (unpaired) electrons. The van der Waals surface area contributed by atoms with Crippen molar-refractivity contribution in [3.8, 4) is 5.75 Å². The van der Waals surface area contributed by atoms with E-state index in [2.05, 4.69) is 34.7 Å². The smallest absolute Gasteiger partial charge is 0.173 e. The highest BCUT2D eigenvalue weighted by Crippen LogP contribution is 2.27. The molecule has 1 aromatic carbocycles. The lowest BCUT2D eigenvalue weighted by Crippen LogP contribution is -2.17. The second-order valence-corrected chi connectivity index (χ2v) is 5.54. The van der Waals surface area contributed by atoms with Crippen molar-refractivity contribution < 1.29 is 4.74 Å². The zero-order valence-electron chi connectivity index (χ0n) is 12.4. The maximum absolute atomic E-state index is 6.11. The van der Waals surface area contributed by atoms with E-state index >= 15 is 0 Å². The van der Waals surface area contributed by atoms with E-state index in [4.69, 9.17) is 4.74 Å². The van der Waals surface area contributed by atoms with Gasteiger partial charge in [0, 0.05) is 13.0 Å². The Bertz CT molecular complexity index is 618. The molecule has 1 atom stereocenters. The molecule has 1 aliphatic heterocycles. The minimum Gasteiger partial charge on any atom is -0.482 e. The van der Waals surface area contributed by atoms with Gasteiger partial charge in [0.25, 0.3) is 0 Å². The predicted molar refractivity (Wildman–Crippen MR) is 77.9 cm³/mol. The van der Waals surface area contributed by atoms with Crippen LogP contribution in [-0.4, -0.2) is 14.8 Å². The quantitative estimate of drug-likeness (QED) is 0.859. The predicted octanol–water partition coefficient (Wildman–Crippen LogP) is 3.37. The Morgan fingerprint density at radius 2 is 2.05 bits per heavy atom. The summed E-state index contributed by atoms with van der Waals surface area (Å²) in [5.41, 5.74) is 2.44. The number of hydrogen-bond donors (Lipinski definition) is 0. The SMILES string of the molecule is Cc1cccc(OC(C)c2nnc3n2CCCC3)c1C. The first-order valence-corrected chi connectivity index (χ1v) is 7.31. The summed E-state index contributed by atoms with van der Waals surface area (Å²) in [4.78, 5) is 0. The number of benzene rings is 1. The summed E-state index contributed by atoms with van der Waals surface area (Å²) >= 11 is 0. The molecule has 106 valence electrons. The summed E-state index contributed by atoms with van der Waals surface area (Å²) in [6, 6.07) is 6.15. The lowest BCUT2D eigenvalue weighted by molar-refractivity contribution is 0.207. The van der Waals surface area contributed by atoms with E-state index in [1.54, 1.807) is 0 Å². The van der Waals surface area contributed by atoms with Gasteiger partial charge in [-0.25, -0.2) is 0 Å². The second kappa shape index (κ2) is 5.27. The van der Waals surface area contributed by atoms with Gasteiger partial charge in [-0.1, -0.05) is 12.1 Å². The molecule has 3 rings (SSSR count). The van der Waals surface area contributed by atoms with E-state index in [0.717, 1.165) is 30.4 Å². The molecule has 20 heavy (non-hydrogen) atoms. The van der Waals surface area contributed by atoms with Gasteiger partial charge in [-0.15, -0.1) is 10.2 Å². The Morgan fingerprint density at radius 3 is 2.90 bits per heavy atom. The van der Waals surface area contributed by atoms with Crippen molar-refractivity contribution in [2.45, 2.75) is 52.7 Å². The third kappa shape index (κ3) is 2.30. The molecule has 0 fully saturated rings. The van der Waals surface area contributed by atoms with Crippen LogP contribution in [0.1, 0.15) is 48.6 Å². The van der Waals surface area contributed by atoms with Crippen LogP contribution in [-0.2, 0) is 13.0 Å². The van der Waals surface area contributed by atoms with Crippen LogP contribution in [0.5, 0.6) is 5.75 Å². The van der Waals surface area contributed by atoms with Crippen molar-refractivity contribution >= 4 is 0 Å². The maximum Gasteiger partial charge on any atom is 0.173 e. The molecule has 0 bridgehead atoms. The molecule has 0 saturated carbocycles. The first kappa shape index (κ1) is 13.2. The molecular formula is C16H21N3O. The topological polar surface area (TPSA) is 39.9 Å². The molecule has 1 aliphatic rings. The molecule has 1 aromatic heterocycles. The second-order valence-electron chi connectivity index (χ2n) is 5.54. The fraction of sp³-hybridized carbons (Fsp3) is 0.500. The summed E-state index contributed by atoms with van der Waals surface area (Å²) in [5, 5.41) is 8.63. The van der Waals surface area contributed by atoms with E-state index < -0.39 is 0 Å². The Labute approximate surface area is 119 Å². The van der Waals surface area contributed by atoms with Gasteiger partial charge in [0.05, 0.1) is 0 Å². The molecule has 2 heterocycles. The highest BCUT2D eigenvalue weighted by molar-refractivity contribution is 5.38. The fourth-order valence-electron chi connectivity index (χ4n) is 2.73. The fourth-order valence-corrected chi connectivity index (χ4v) is 2.73. The molecule has 0 aliphatic carbocycles. The van der Waals surface area contributed by atoms with Gasteiger partial charge in [0.1, 0.15) is 11.6 Å². The van der Waals surface area contributed by atoms with Crippen molar-refractivity contribution in [3.63, 3.8) is 0 Å². The molecule has 0 amide bonds. The summed E-state index contributed by atoms with van der Waals surface area (Å²) in [6.45, 7) is 7.26. The van der Waals surface area contributed by atoms with Gasteiger partial charge in [0.15, 0.2) is 11.9 Å². The van der Waals surface area contributed by atoms with Crippen LogP contribution in [0.3, 0.4) is 0 Å². The average molecular weight is 271 g/mol. The molecule has 0 saturated heterocycles. The molecule has 4 heteroatoms. The van der Waals surface area contributed by atoms with Crippen LogP contribution in [0, 0.1) is 13.8 Å². The number of nitrogens with zero attached hydrogens (tertiary/aromatic N) is 3. The number of ether oxygens (including phenoxy) is 1. The van der Waals surface area contributed by atoms with Crippen LogP contribution in [0.2, 0.25) is 0 Å². The summed E-state index contributed by atoms with van der Waals surface area (Å²) in [7, 11) is 0. The van der Waals surface area contributed by atoms with Crippen molar-refractivity contribution in [3.05, 3.63) is 41.0 Å². The maximum atomic E-state index is 6.11. The minimum atomic E-state index is -0.0742. The van der Waals surface area contributed by atoms with Gasteiger partial charge < -0.3 is 9.30 Å². The van der Waals surface area contributed by atoms with E-state index in [-0.39, 0.29) is 6.10 Å². The van der Waals surface area contributed by atoms with E-state index in [1.807, 2.05) is 19.1 Å². The van der Waals surface area contributed by atoms with Crippen molar-refractivity contribution in [2.24, 2.45) is 0 Å². The Balaban J connectivity index is 1.84. The Kier molecular flexibility index (Phi) is 3.47. The van der Waals surface area contributed by atoms with Crippen LogP contribution in [0.15, 0.2) is 18.2 Å².